The molecular weight excluding hydrogens is 324 g/mol. The Bertz CT molecular complexity index is 482. The van der Waals surface area contributed by atoms with Crippen LogP contribution in [0.15, 0.2) is 37.8 Å². The van der Waals surface area contributed by atoms with Crippen molar-refractivity contribution < 1.29 is 4.42 Å². The molecule has 1 aromatic heterocycles. The largest absolute Gasteiger partial charge is 0.444 e. The number of nitrogens with two attached hydrogens (primary N) is 1. The maximum atomic E-state index is 5.47. The Kier molecular flexibility index (Phi) is 3.23. The molecule has 3 nitrogen and oxygen atoms in total. The second-order valence-corrected chi connectivity index (χ2v) is 4.74. The number of nitrogens with zero attached hydrogens (tertiary/aromatic N) is 1. The van der Waals surface area contributed by atoms with Crippen molar-refractivity contribution in [2.45, 2.75) is 6.54 Å². The average molecular weight is 332 g/mol. The van der Waals surface area contributed by atoms with Gasteiger partial charge in [0.1, 0.15) is 6.26 Å². The lowest BCUT2D eigenvalue weighted by molar-refractivity contribution is 0.572. The molecule has 0 aliphatic rings. The first kappa shape index (κ1) is 10.9. The number of rotatable bonds is 2. The standard InChI is InChI=1S/C10H8Br2N2O/c11-6-1-2-9(12)8(3-6)10-14-7(4-13)5-15-10/h1-3,5H,4,13H2. The van der Waals surface area contributed by atoms with Crippen LogP contribution in [0.2, 0.25) is 0 Å². The first-order valence-corrected chi connectivity index (χ1v) is 5.89. The molecule has 1 heterocycles. The fraction of sp³-hybridized carbons (Fsp3) is 0.100. The molecule has 0 aliphatic carbocycles. The van der Waals surface area contributed by atoms with Crippen molar-refractivity contribution in [1.82, 2.24) is 4.98 Å². The summed E-state index contributed by atoms with van der Waals surface area (Å²) < 4.78 is 7.26. The Balaban J connectivity index is 2.48. The molecule has 78 valence electrons. The van der Waals surface area contributed by atoms with Crippen LogP contribution in [0.1, 0.15) is 5.69 Å². The van der Waals surface area contributed by atoms with E-state index in [1.54, 1.807) is 6.26 Å². The molecule has 2 rings (SSSR count). The molecule has 0 bridgehead atoms. The molecule has 1 aromatic carbocycles. The van der Waals surface area contributed by atoms with Crippen LogP contribution in [0.5, 0.6) is 0 Å². The summed E-state index contributed by atoms with van der Waals surface area (Å²) in [6, 6.07) is 5.82. The van der Waals surface area contributed by atoms with Crippen molar-refractivity contribution in [3.05, 3.63) is 39.1 Å². The minimum atomic E-state index is 0.384. The van der Waals surface area contributed by atoms with Crippen molar-refractivity contribution in [2.75, 3.05) is 0 Å². The van der Waals surface area contributed by atoms with Crippen molar-refractivity contribution in [3.8, 4) is 11.5 Å². The van der Waals surface area contributed by atoms with E-state index in [4.69, 9.17) is 10.2 Å². The molecule has 0 saturated heterocycles. The number of hydrogen-bond acceptors (Lipinski definition) is 3. The summed E-state index contributed by atoms with van der Waals surface area (Å²) in [6.07, 6.45) is 1.57. The Hall–Kier alpha value is -0.650. The van der Waals surface area contributed by atoms with Crippen LogP contribution in [0.4, 0.5) is 0 Å². The summed E-state index contributed by atoms with van der Waals surface area (Å²) in [5, 5.41) is 0. The van der Waals surface area contributed by atoms with Gasteiger partial charge in [-0.3, -0.25) is 0 Å². The second kappa shape index (κ2) is 4.47. The monoisotopic (exact) mass is 330 g/mol. The van der Waals surface area contributed by atoms with E-state index in [1.807, 2.05) is 18.2 Å². The molecule has 0 amide bonds. The Morgan fingerprint density at radius 3 is 2.80 bits per heavy atom. The Morgan fingerprint density at radius 1 is 1.33 bits per heavy atom. The van der Waals surface area contributed by atoms with Gasteiger partial charge in [0.05, 0.1) is 11.3 Å². The van der Waals surface area contributed by atoms with Crippen LogP contribution in [0.3, 0.4) is 0 Å². The first-order chi connectivity index (χ1) is 7.20. The SMILES string of the molecule is NCc1coc(-c2cc(Br)ccc2Br)n1. The van der Waals surface area contributed by atoms with Crippen molar-refractivity contribution in [3.63, 3.8) is 0 Å². The van der Waals surface area contributed by atoms with Gasteiger partial charge < -0.3 is 10.2 Å². The third-order valence-corrected chi connectivity index (χ3v) is 3.10. The normalized spacial score (nSPS) is 10.6. The highest BCUT2D eigenvalue weighted by Gasteiger charge is 2.09. The predicted molar refractivity (Wildman–Crippen MR) is 65.2 cm³/mol. The minimum absolute atomic E-state index is 0.384. The molecule has 15 heavy (non-hydrogen) atoms. The molecule has 2 N–H and O–H groups in total. The van der Waals surface area contributed by atoms with Crippen LogP contribution < -0.4 is 5.73 Å². The van der Waals surface area contributed by atoms with Gasteiger partial charge in [0.2, 0.25) is 5.89 Å². The summed E-state index contributed by atoms with van der Waals surface area (Å²) >= 11 is 6.85. The highest BCUT2D eigenvalue weighted by atomic mass is 79.9. The molecule has 0 fully saturated rings. The van der Waals surface area contributed by atoms with E-state index in [-0.39, 0.29) is 0 Å². The molecular formula is C10H8Br2N2O. The van der Waals surface area contributed by atoms with Crippen LogP contribution in [0.25, 0.3) is 11.5 Å². The average Bonchev–Trinajstić information content (AvgIpc) is 2.70. The lowest BCUT2D eigenvalue weighted by Crippen LogP contribution is -1.95. The third kappa shape index (κ3) is 2.30. The summed E-state index contributed by atoms with van der Waals surface area (Å²) in [7, 11) is 0. The summed E-state index contributed by atoms with van der Waals surface area (Å²) in [4.78, 5) is 4.26. The van der Waals surface area contributed by atoms with Gasteiger partial charge in [-0.1, -0.05) is 15.9 Å². The van der Waals surface area contributed by atoms with Crippen molar-refractivity contribution >= 4 is 31.9 Å². The molecule has 0 spiro atoms. The molecule has 2 aromatic rings. The maximum absolute atomic E-state index is 5.47. The highest BCUT2D eigenvalue weighted by molar-refractivity contribution is 9.11. The van der Waals surface area contributed by atoms with Gasteiger partial charge in [-0.25, -0.2) is 4.98 Å². The Morgan fingerprint density at radius 2 is 2.13 bits per heavy atom. The lowest BCUT2D eigenvalue weighted by Gasteiger charge is -1.99. The minimum Gasteiger partial charge on any atom is -0.444 e. The zero-order chi connectivity index (χ0) is 10.8. The van der Waals surface area contributed by atoms with Gasteiger partial charge in [-0.15, -0.1) is 0 Å². The van der Waals surface area contributed by atoms with E-state index in [0.717, 1.165) is 20.2 Å². The van der Waals surface area contributed by atoms with E-state index in [1.165, 1.54) is 0 Å². The van der Waals surface area contributed by atoms with Crippen LogP contribution >= 0.6 is 31.9 Å². The number of hydrogen-bond donors (Lipinski definition) is 1. The lowest BCUT2D eigenvalue weighted by atomic mass is 10.2. The van der Waals surface area contributed by atoms with Gasteiger partial charge in [-0.2, -0.15) is 0 Å². The zero-order valence-electron chi connectivity index (χ0n) is 7.71. The van der Waals surface area contributed by atoms with E-state index in [9.17, 15) is 0 Å². The van der Waals surface area contributed by atoms with Crippen LogP contribution in [-0.2, 0) is 6.54 Å². The van der Waals surface area contributed by atoms with Gasteiger partial charge in [0.25, 0.3) is 0 Å². The number of benzene rings is 1. The van der Waals surface area contributed by atoms with Gasteiger partial charge in [0, 0.05) is 15.5 Å². The number of halogens is 2. The van der Waals surface area contributed by atoms with Crippen LogP contribution in [0, 0.1) is 0 Å². The molecule has 0 saturated carbocycles. The topological polar surface area (TPSA) is 52.0 Å². The van der Waals surface area contributed by atoms with Crippen molar-refractivity contribution in [2.24, 2.45) is 5.73 Å². The highest BCUT2D eigenvalue weighted by Crippen LogP contribution is 2.30. The third-order valence-electron chi connectivity index (χ3n) is 1.92. The fourth-order valence-electron chi connectivity index (χ4n) is 1.19. The molecule has 0 radical (unpaired) electrons. The summed E-state index contributed by atoms with van der Waals surface area (Å²) in [5.74, 6) is 0.573. The van der Waals surface area contributed by atoms with E-state index < -0.39 is 0 Å². The van der Waals surface area contributed by atoms with Crippen molar-refractivity contribution in [1.29, 1.82) is 0 Å². The molecule has 0 aliphatic heterocycles. The smallest absolute Gasteiger partial charge is 0.227 e. The predicted octanol–water partition coefficient (Wildman–Crippen LogP) is 3.33. The van der Waals surface area contributed by atoms with Gasteiger partial charge in [0.15, 0.2) is 0 Å². The maximum Gasteiger partial charge on any atom is 0.227 e. The van der Waals surface area contributed by atoms with Gasteiger partial charge >= 0.3 is 0 Å². The molecule has 0 atom stereocenters. The van der Waals surface area contributed by atoms with Crippen LogP contribution in [-0.4, -0.2) is 4.98 Å². The summed E-state index contributed by atoms with van der Waals surface area (Å²) in [5.41, 5.74) is 7.12. The van der Waals surface area contributed by atoms with Gasteiger partial charge in [-0.05, 0) is 34.1 Å². The second-order valence-electron chi connectivity index (χ2n) is 2.97. The molecule has 0 unspecified atom stereocenters. The Labute approximate surface area is 104 Å². The fourth-order valence-corrected chi connectivity index (χ4v) is 1.96. The molecule has 5 heteroatoms. The first-order valence-electron chi connectivity index (χ1n) is 4.30. The summed E-state index contributed by atoms with van der Waals surface area (Å²) in [6.45, 7) is 0.384. The van der Waals surface area contributed by atoms with E-state index >= 15 is 0 Å². The van der Waals surface area contributed by atoms with E-state index in [2.05, 4.69) is 36.8 Å². The van der Waals surface area contributed by atoms with E-state index in [0.29, 0.717) is 12.4 Å². The number of aromatic nitrogens is 1. The zero-order valence-corrected chi connectivity index (χ0v) is 10.9. The quantitative estimate of drug-likeness (QED) is 0.918. The number of oxazole rings is 1.